The van der Waals surface area contributed by atoms with Gasteiger partial charge < -0.3 is 80.9 Å². The van der Waals surface area contributed by atoms with Gasteiger partial charge >= 0.3 is 0 Å². The number of carbonyl (C=O) groups is 10. The van der Waals surface area contributed by atoms with E-state index in [-0.39, 0.29) is 50.5 Å². The van der Waals surface area contributed by atoms with Crippen LogP contribution >= 0.6 is 21.6 Å². The number of hydrogen-bond acceptors (Lipinski definition) is 15. The van der Waals surface area contributed by atoms with Crippen molar-refractivity contribution in [2.75, 3.05) is 25.4 Å². The van der Waals surface area contributed by atoms with E-state index < -0.39 is 137 Å². The molecular formula is C49H75N15O11S2. The molecule has 5 rings (SSSR count). The molecule has 26 nitrogen and oxygen atoms in total. The number of H-pyrrole nitrogens is 1. The van der Waals surface area contributed by atoms with Crippen molar-refractivity contribution in [3.05, 3.63) is 36.0 Å². The molecule has 19 N–H and O–H groups in total. The van der Waals surface area contributed by atoms with Crippen LogP contribution in [0.25, 0.3) is 10.9 Å². The van der Waals surface area contributed by atoms with Crippen LogP contribution in [-0.4, -0.2) is 165 Å². The predicted octanol–water partition coefficient (Wildman–Crippen LogP) is -3.01. The molecule has 10 atom stereocenters. The molecule has 3 heterocycles. The zero-order valence-corrected chi connectivity index (χ0v) is 45.2. The van der Waals surface area contributed by atoms with Gasteiger partial charge in [-0.3, -0.25) is 52.9 Å². The minimum absolute atomic E-state index is 0.0190. The lowest BCUT2D eigenvalue weighted by molar-refractivity contribution is -0.142. The van der Waals surface area contributed by atoms with Crippen LogP contribution in [0.5, 0.6) is 0 Å². The summed E-state index contributed by atoms with van der Waals surface area (Å²) in [6, 6.07) is -1.99. The molecule has 77 heavy (non-hydrogen) atoms. The summed E-state index contributed by atoms with van der Waals surface area (Å²) in [5.74, 6) is -9.54. The van der Waals surface area contributed by atoms with Gasteiger partial charge in [-0.05, 0) is 68.9 Å². The van der Waals surface area contributed by atoms with E-state index in [1.165, 1.54) is 22.6 Å². The molecule has 0 unspecified atom stereocenters. The van der Waals surface area contributed by atoms with Gasteiger partial charge in [0.25, 0.3) is 0 Å². The van der Waals surface area contributed by atoms with Crippen LogP contribution in [0.4, 0.5) is 0 Å². The Kier molecular flexibility index (Phi) is 22.8. The van der Waals surface area contributed by atoms with Crippen LogP contribution < -0.4 is 65.9 Å². The molecule has 1 aliphatic carbocycles. The highest BCUT2D eigenvalue weighted by molar-refractivity contribution is 8.77. The Balaban J connectivity index is 1.53. The second-order valence-electron chi connectivity index (χ2n) is 19.9. The Morgan fingerprint density at radius 1 is 0.844 bits per heavy atom. The third-order valence-corrected chi connectivity index (χ3v) is 17.4. The number of aromatic nitrogens is 1. The van der Waals surface area contributed by atoms with Crippen molar-refractivity contribution < 1.29 is 53.1 Å². The van der Waals surface area contributed by atoms with E-state index in [0.717, 1.165) is 28.1 Å². The normalized spacial score (nSPS) is 25.1. The second kappa shape index (κ2) is 28.6. The summed E-state index contributed by atoms with van der Waals surface area (Å²) in [4.78, 5) is 147. The lowest BCUT2D eigenvalue weighted by Gasteiger charge is -2.40. The number of carbonyl (C=O) groups excluding carboxylic acids is 10. The van der Waals surface area contributed by atoms with Gasteiger partial charge in [0.2, 0.25) is 59.1 Å². The van der Waals surface area contributed by atoms with E-state index in [1.807, 2.05) is 30.3 Å². The van der Waals surface area contributed by atoms with E-state index in [0.29, 0.717) is 44.2 Å². The fraction of sp³-hybridized carbons (Fsp3) is 0.612. The van der Waals surface area contributed by atoms with Crippen LogP contribution in [0.2, 0.25) is 0 Å². The maximum Gasteiger partial charge on any atom is 0.246 e. The molecule has 2 saturated heterocycles. The smallest absolute Gasteiger partial charge is 0.246 e. The number of para-hydroxylation sites is 1. The standard InChI is InChI=1S/C49H75N15O11S2/c1-4-25(2)37-44(72)63-38(26(3)65)45(73)59-32(22-35(50)66)41(69)61-33(47(75)64-19-11-15-34(64)43(71)58-30(14-10-18-55-48(53)54)40(68)56-23-36(51)67)24-76-77-49(16-8-5-9-17-49)39(52)46(74)60-31(42(70)62-37)21-28-20-27-12-6-7-13-29(27)57-28/h6-7,12-13,20,25-26,30-34,37-39,57,65H,4-5,8-11,14-19,21-24,52H2,1-3H3,(H2,50,66)(H2,51,67)(H,56,68)(H,58,71)(H,59,73)(H,60,74)(H,61,69)(H,62,70)(H,63,72)(H4,53,54,55)/t25-,26+,30+,31+,32-,33-,34-,37-,38+,39+/m0/s1. The number of nitrogens with two attached hydrogens (primary N) is 5. The van der Waals surface area contributed by atoms with Crippen molar-refractivity contribution in [2.45, 2.75) is 157 Å². The highest BCUT2D eigenvalue weighted by atomic mass is 33.1. The number of guanidine groups is 1. The number of aliphatic hydroxyl groups is 1. The number of primary amides is 2. The monoisotopic (exact) mass is 1110 g/mol. The summed E-state index contributed by atoms with van der Waals surface area (Å²) in [6.07, 6.45) is 1.70. The summed E-state index contributed by atoms with van der Waals surface area (Å²) in [5, 5.41) is 30.0. The van der Waals surface area contributed by atoms with Gasteiger partial charge in [-0.15, -0.1) is 0 Å². The Bertz CT molecular complexity index is 2470. The van der Waals surface area contributed by atoms with Gasteiger partial charge in [0.15, 0.2) is 5.96 Å². The van der Waals surface area contributed by atoms with E-state index in [1.54, 1.807) is 13.8 Å². The lowest BCUT2D eigenvalue weighted by atomic mass is 9.82. The average Bonchev–Trinajstić information content (AvgIpc) is 4.06. The fourth-order valence-electron chi connectivity index (χ4n) is 9.55. The molecule has 1 aromatic carbocycles. The van der Waals surface area contributed by atoms with Gasteiger partial charge in [0.1, 0.15) is 42.3 Å². The first-order chi connectivity index (χ1) is 36.5. The number of aliphatic imine (C=N–C) groups is 1. The number of nitrogens with one attached hydrogen (secondary N) is 8. The van der Waals surface area contributed by atoms with E-state index >= 15 is 0 Å². The van der Waals surface area contributed by atoms with Crippen molar-refractivity contribution in [3.8, 4) is 0 Å². The molecule has 2 aliphatic heterocycles. The summed E-state index contributed by atoms with van der Waals surface area (Å²) in [6.45, 7) is 4.28. The Morgan fingerprint density at radius 2 is 1.51 bits per heavy atom. The fourth-order valence-corrected chi connectivity index (χ4v) is 13.0. The zero-order valence-electron chi connectivity index (χ0n) is 43.6. The molecular weight excluding hydrogens is 1040 g/mol. The largest absolute Gasteiger partial charge is 0.391 e. The molecule has 1 saturated carbocycles. The van der Waals surface area contributed by atoms with Gasteiger partial charge in [-0.2, -0.15) is 0 Å². The Labute approximate surface area is 454 Å². The van der Waals surface area contributed by atoms with Gasteiger partial charge in [-0.1, -0.05) is 79.3 Å². The second-order valence-corrected chi connectivity index (χ2v) is 22.6. The molecule has 1 spiro atoms. The number of likely N-dealkylation sites (tertiary alicyclic amines) is 1. The maximum atomic E-state index is 14.9. The third kappa shape index (κ3) is 17.2. The van der Waals surface area contributed by atoms with Gasteiger partial charge in [-0.25, -0.2) is 0 Å². The molecule has 0 radical (unpaired) electrons. The van der Waals surface area contributed by atoms with E-state index in [4.69, 9.17) is 28.7 Å². The van der Waals surface area contributed by atoms with Crippen LogP contribution in [0.1, 0.15) is 97.1 Å². The first-order valence-corrected chi connectivity index (χ1v) is 28.2. The molecule has 424 valence electrons. The quantitative estimate of drug-likeness (QED) is 0.0325. The summed E-state index contributed by atoms with van der Waals surface area (Å²) in [7, 11) is 2.36. The summed E-state index contributed by atoms with van der Waals surface area (Å²) < 4.78 is -0.980. The number of amides is 10. The summed E-state index contributed by atoms with van der Waals surface area (Å²) >= 11 is 0. The van der Waals surface area contributed by atoms with Crippen molar-refractivity contribution in [3.63, 3.8) is 0 Å². The van der Waals surface area contributed by atoms with Gasteiger partial charge in [0, 0.05) is 36.5 Å². The highest BCUT2D eigenvalue weighted by Gasteiger charge is 2.46. The number of hydrogen-bond donors (Lipinski definition) is 14. The lowest BCUT2D eigenvalue weighted by Crippen LogP contribution is -2.63. The van der Waals surface area contributed by atoms with Crippen molar-refractivity contribution in [2.24, 2.45) is 39.6 Å². The first kappa shape index (κ1) is 61.2. The molecule has 3 aliphatic rings. The maximum absolute atomic E-state index is 14.9. The average molecular weight is 1110 g/mol. The number of aliphatic hydroxyl groups excluding tert-OH is 1. The highest BCUT2D eigenvalue weighted by Crippen LogP contribution is 2.48. The SMILES string of the molecule is CC[C@H](C)[C@@H]1NC(=O)[C@@H](Cc2cc3ccccc3[nH]2)NC(=O)[C@@H](N)C2(CCCCC2)SSC[C@@H](C(=O)N2CCC[C@H]2C(=O)N[C@H](CCCN=C(N)N)C(=O)NCC(N)=O)NC(=O)[C@H](CC(N)=O)NC(=O)[C@@H]([C@@H](C)O)NC1=O. The van der Waals surface area contributed by atoms with Crippen molar-refractivity contribution in [1.29, 1.82) is 0 Å². The molecule has 28 heteroatoms. The van der Waals surface area contributed by atoms with Crippen LogP contribution in [0, 0.1) is 5.92 Å². The topological polar surface area (TPSA) is 437 Å². The zero-order chi connectivity index (χ0) is 56.6. The number of aromatic amines is 1. The van der Waals surface area contributed by atoms with Gasteiger partial charge in [0.05, 0.1) is 29.9 Å². The third-order valence-electron chi connectivity index (χ3n) is 14.0. The molecule has 10 amide bonds. The Morgan fingerprint density at radius 3 is 2.16 bits per heavy atom. The molecule has 3 fully saturated rings. The molecule has 1 aromatic heterocycles. The van der Waals surface area contributed by atoms with Crippen molar-refractivity contribution >= 4 is 97.5 Å². The Hall–Kier alpha value is -6.65. The molecule has 0 bridgehead atoms. The van der Waals surface area contributed by atoms with Crippen LogP contribution in [0.3, 0.4) is 0 Å². The van der Waals surface area contributed by atoms with Crippen LogP contribution in [0.15, 0.2) is 35.3 Å². The predicted molar refractivity (Wildman–Crippen MR) is 289 cm³/mol. The minimum atomic E-state index is -1.77. The number of fused-ring (bicyclic) bond motifs is 1. The summed E-state index contributed by atoms with van der Waals surface area (Å²) in [5.41, 5.74) is 30.1. The number of nitrogens with zero attached hydrogens (tertiary/aromatic N) is 2. The molecule has 2 aromatic rings. The number of benzene rings is 1. The van der Waals surface area contributed by atoms with Crippen molar-refractivity contribution in [1.82, 2.24) is 47.1 Å². The van der Waals surface area contributed by atoms with E-state index in [9.17, 15) is 53.1 Å². The van der Waals surface area contributed by atoms with E-state index in [2.05, 4.69) is 47.2 Å². The van der Waals surface area contributed by atoms with Crippen LogP contribution in [-0.2, 0) is 54.4 Å². The number of rotatable bonds is 17. The first-order valence-electron chi connectivity index (χ1n) is 25.9. The minimum Gasteiger partial charge on any atom is -0.391 e.